The molecule has 0 aromatic carbocycles. The van der Waals surface area contributed by atoms with E-state index in [0.717, 1.165) is 12.8 Å². The van der Waals surface area contributed by atoms with Crippen molar-refractivity contribution in [1.82, 2.24) is 0 Å². The summed E-state index contributed by atoms with van der Waals surface area (Å²) in [4.78, 5) is 11.6. The molecule has 0 aromatic heterocycles. The number of hydrogen-bond donors (Lipinski definition) is 0. The molecule has 2 fully saturated rings. The smallest absolute Gasteiger partial charge is 0.164 e. The molecule has 1 saturated carbocycles. The molecule has 0 radical (unpaired) electrons. The van der Waals surface area contributed by atoms with Crippen LogP contribution in [0.15, 0.2) is 0 Å². The third kappa shape index (κ3) is 1.40. The fourth-order valence-electron chi connectivity index (χ4n) is 2.38. The Balaban J connectivity index is 2.27. The molecule has 1 aliphatic heterocycles. The molecular formula is C10H16O3. The summed E-state index contributed by atoms with van der Waals surface area (Å²) in [5.74, 6) is -0.404. The number of hydrogen-bond acceptors (Lipinski definition) is 3. The van der Waals surface area contributed by atoms with Crippen LogP contribution in [0, 0.1) is 0 Å². The Bertz CT molecular complexity index is 247. The monoisotopic (exact) mass is 184 g/mol. The number of ether oxygens (including phenoxy) is 2. The first-order chi connectivity index (χ1) is 5.93. The minimum atomic E-state index is -0.598. The highest BCUT2D eigenvalue weighted by Gasteiger charge is 2.54. The zero-order valence-corrected chi connectivity index (χ0v) is 8.42. The molecule has 0 unspecified atom stereocenters. The van der Waals surface area contributed by atoms with Crippen LogP contribution < -0.4 is 0 Å². The van der Waals surface area contributed by atoms with Crippen LogP contribution >= 0.6 is 0 Å². The molecule has 0 spiro atoms. The maximum absolute atomic E-state index is 11.6. The largest absolute Gasteiger partial charge is 0.341 e. The molecule has 2 aliphatic rings. The lowest BCUT2D eigenvalue weighted by atomic mass is 9.83. The fraction of sp³-hybridized carbons (Fsp3) is 0.900. The second-order valence-electron chi connectivity index (χ2n) is 4.63. The van der Waals surface area contributed by atoms with Crippen molar-refractivity contribution in [3.05, 3.63) is 0 Å². The van der Waals surface area contributed by atoms with Crippen molar-refractivity contribution in [2.45, 2.75) is 57.5 Å². The van der Waals surface area contributed by atoms with E-state index in [0.29, 0.717) is 6.42 Å². The Morgan fingerprint density at radius 3 is 2.69 bits per heavy atom. The minimum Gasteiger partial charge on any atom is -0.341 e. The number of carbonyl (C=O) groups excluding carboxylic acids is 1. The number of fused-ring (bicyclic) bond motifs is 1. The molecule has 0 N–H and O–H groups in total. The van der Waals surface area contributed by atoms with E-state index in [1.54, 1.807) is 0 Å². The van der Waals surface area contributed by atoms with Crippen LogP contribution in [-0.2, 0) is 14.3 Å². The molecule has 13 heavy (non-hydrogen) atoms. The minimum absolute atomic E-state index is 0.194. The molecule has 0 bridgehead atoms. The van der Waals surface area contributed by atoms with Crippen molar-refractivity contribution in [3.63, 3.8) is 0 Å². The standard InChI is InChI=1S/C10H16O3/c1-9(2)12-8-7(11)5-4-6-10(8,3)13-9/h8H,4-6H2,1-3H3/t8-,10+/m0/s1. The summed E-state index contributed by atoms with van der Waals surface area (Å²) in [7, 11) is 0. The van der Waals surface area contributed by atoms with E-state index >= 15 is 0 Å². The summed E-state index contributed by atoms with van der Waals surface area (Å²) in [6, 6.07) is 0. The van der Waals surface area contributed by atoms with Crippen molar-refractivity contribution >= 4 is 5.78 Å². The van der Waals surface area contributed by atoms with Crippen molar-refractivity contribution in [2.75, 3.05) is 0 Å². The van der Waals surface area contributed by atoms with Gasteiger partial charge in [-0.3, -0.25) is 4.79 Å². The van der Waals surface area contributed by atoms with E-state index in [-0.39, 0.29) is 17.5 Å². The first kappa shape index (κ1) is 9.16. The molecule has 2 atom stereocenters. The number of carbonyl (C=O) groups is 1. The van der Waals surface area contributed by atoms with Gasteiger partial charge in [-0.2, -0.15) is 0 Å². The molecule has 3 heteroatoms. The van der Waals surface area contributed by atoms with Gasteiger partial charge in [0.2, 0.25) is 0 Å². The average molecular weight is 184 g/mol. The zero-order chi connectivity index (χ0) is 9.69. The maximum atomic E-state index is 11.6. The predicted molar refractivity (Wildman–Crippen MR) is 47.3 cm³/mol. The first-order valence-corrected chi connectivity index (χ1v) is 4.84. The molecule has 2 rings (SSSR count). The van der Waals surface area contributed by atoms with Gasteiger partial charge in [0.25, 0.3) is 0 Å². The topological polar surface area (TPSA) is 35.5 Å². The lowest BCUT2D eigenvalue weighted by Crippen LogP contribution is -2.45. The van der Waals surface area contributed by atoms with E-state index in [2.05, 4.69) is 0 Å². The summed E-state index contributed by atoms with van der Waals surface area (Å²) in [5, 5.41) is 0. The van der Waals surface area contributed by atoms with Gasteiger partial charge in [0.15, 0.2) is 11.6 Å². The van der Waals surface area contributed by atoms with Crippen LogP contribution in [-0.4, -0.2) is 23.3 Å². The van der Waals surface area contributed by atoms with Crippen molar-refractivity contribution in [2.24, 2.45) is 0 Å². The summed E-state index contributed by atoms with van der Waals surface area (Å²) < 4.78 is 11.4. The Kier molecular flexibility index (Phi) is 1.79. The van der Waals surface area contributed by atoms with Gasteiger partial charge in [0.1, 0.15) is 11.7 Å². The van der Waals surface area contributed by atoms with E-state index in [1.165, 1.54) is 0 Å². The average Bonchev–Trinajstić information content (AvgIpc) is 2.20. The second kappa shape index (κ2) is 2.55. The molecule has 3 nitrogen and oxygen atoms in total. The Labute approximate surface area is 78.4 Å². The third-order valence-electron chi connectivity index (χ3n) is 2.82. The first-order valence-electron chi connectivity index (χ1n) is 4.84. The Hall–Kier alpha value is -0.410. The Morgan fingerprint density at radius 2 is 2.08 bits per heavy atom. The van der Waals surface area contributed by atoms with Gasteiger partial charge in [-0.1, -0.05) is 0 Å². The Morgan fingerprint density at radius 1 is 1.38 bits per heavy atom. The summed E-state index contributed by atoms with van der Waals surface area (Å²) in [5.41, 5.74) is -0.376. The number of ketones is 1. The molecule has 74 valence electrons. The van der Waals surface area contributed by atoms with Gasteiger partial charge in [-0.15, -0.1) is 0 Å². The maximum Gasteiger partial charge on any atom is 0.164 e. The summed E-state index contributed by atoms with van der Waals surface area (Å²) in [6.07, 6.45) is 2.15. The molecule has 0 amide bonds. The van der Waals surface area contributed by atoms with Gasteiger partial charge < -0.3 is 9.47 Å². The highest BCUT2D eigenvalue weighted by Crippen LogP contribution is 2.42. The van der Waals surface area contributed by atoms with Crippen LogP contribution in [0.2, 0.25) is 0 Å². The van der Waals surface area contributed by atoms with Gasteiger partial charge in [-0.25, -0.2) is 0 Å². The quantitative estimate of drug-likeness (QED) is 0.574. The van der Waals surface area contributed by atoms with E-state index in [9.17, 15) is 4.79 Å². The molecular weight excluding hydrogens is 168 g/mol. The zero-order valence-electron chi connectivity index (χ0n) is 8.42. The SMILES string of the molecule is CC1(C)O[C@H]2C(=O)CCC[C@@]2(C)O1. The van der Waals surface area contributed by atoms with Gasteiger partial charge in [0.05, 0.1) is 0 Å². The molecule has 0 aromatic rings. The highest BCUT2D eigenvalue weighted by atomic mass is 16.8. The third-order valence-corrected chi connectivity index (χ3v) is 2.82. The normalized spacial score (nSPS) is 43.3. The molecule has 1 saturated heterocycles. The van der Waals surface area contributed by atoms with Crippen molar-refractivity contribution in [3.8, 4) is 0 Å². The van der Waals surface area contributed by atoms with Gasteiger partial charge in [-0.05, 0) is 33.6 Å². The van der Waals surface area contributed by atoms with E-state index in [4.69, 9.17) is 9.47 Å². The predicted octanol–water partition coefficient (Wildman–Crippen LogP) is 1.65. The second-order valence-corrected chi connectivity index (χ2v) is 4.63. The van der Waals surface area contributed by atoms with Crippen LogP contribution in [0.5, 0.6) is 0 Å². The van der Waals surface area contributed by atoms with Crippen LogP contribution in [0.25, 0.3) is 0 Å². The number of Topliss-reactive ketones (excluding diaryl/α,β-unsaturated/α-hetero) is 1. The van der Waals surface area contributed by atoms with Crippen LogP contribution in [0.3, 0.4) is 0 Å². The van der Waals surface area contributed by atoms with Crippen LogP contribution in [0.1, 0.15) is 40.0 Å². The highest BCUT2D eigenvalue weighted by molar-refractivity contribution is 5.85. The fourth-order valence-corrected chi connectivity index (χ4v) is 2.38. The van der Waals surface area contributed by atoms with Crippen LogP contribution in [0.4, 0.5) is 0 Å². The molecule has 1 aliphatic carbocycles. The summed E-state index contributed by atoms with van der Waals surface area (Å²) >= 11 is 0. The van der Waals surface area contributed by atoms with Crippen molar-refractivity contribution < 1.29 is 14.3 Å². The lowest BCUT2D eigenvalue weighted by Gasteiger charge is -2.31. The lowest BCUT2D eigenvalue weighted by molar-refractivity contribution is -0.161. The van der Waals surface area contributed by atoms with E-state index < -0.39 is 5.79 Å². The number of rotatable bonds is 0. The van der Waals surface area contributed by atoms with Crippen molar-refractivity contribution in [1.29, 1.82) is 0 Å². The van der Waals surface area contributed by atoms with E-state index in [1.807, 2.05) is 20.8 Å². The van der Waals surface area contributed by atoms with Gasteiger partial charge >= 0.3 is 0 Å². The summed E-state index contributed by atoms with van der Waals surface area (Å²) in [6.45, 7) is 5.71. The molecule has 1 heterocycles. The van der Waals surface area contributed by atoms with Gasteiger partial charge in [0, 0.05) is 6.42 Å².